The second-order valence-electron chi connectivity index (χ2n) is 6.84. The summed E-state index contributed by atoms with van der Waals surface area (Å²) in [5, 5.41) is 0. The zero-order chi connectivity index (χ0) is 19.1. The van der Waals surface area contributed by atoms with Crippen LogP contribution in [0, 0.1) is 20.8 Å². The van der Waals surface area contributed by atoms with Crippen LogP contribution in [0.1, 0.15) is 27.6 Å². The molecule has 1 aliphatic rings. The van der Waals surface area contributed by atoms with Crippen LogP contribution in [0.3, 0.4) is 0 Å². The fraction of sp³-hybridized carbons (Fsp3) is 0.333. The van der Waals surface area contributed by atoms with Gasteiger partial charge in [-0.2, -0.15) is 0 Å². The van der Waals surface area contributed by atoms with Crippen LogP contribution in [0.2, 0.25) is 0 Å². The highest BCUT2D eigenvalue weighted by atomic mass is 16.6. The van der Waals surface area contributed by atoms with Crippen LogP contribution in [0.5, 0.6) is 11.5 Å². The summed E-state index contributed by atoms with van der Waals surface area (Å²) in [6, 6.07) is 5.75. The molecule has 0 saturated heterocycles. The predicted octanol–water partition coefficient (Wildman–Crippen LogP) is 3.60. The quantitative estimate of drug-likeness (QED) is 0.512. The summed E-state index contributed by atoms with van der Waals surface area (Å²) < 4.78 is 15.4. The third-order valence-electron chi connectivity index (χ3n) is 5.09. The van der Waals surface area contributed by atoms with Gasteiger partial charge >= 0.3 is 0 Å². The van der Waals surface area contributed by atoms with Crippen molar-refractivity contribution in [3.8, 4) is 11.5 Å². The highest BCUT2D eigenvalue weighted by molar-refractivity contribution is 5.98. The lowest BCUT2D eigenvalue weighted by Gasteiger charge is -2.18. The number of ketones is 1. The van der Waals surface area contributed by atoms with E-state index in [1.807, 2.05) is 49.6 Å². The Hall–Kier alpha value is -3.02. The van der Waals surface area contributed by atoms with E-state index in [4.69, 9.17) is 9.47 Å². The standard InChI is InChI=1S/C21H23N3O3/c1-5-6-23-13(2)9-16(14(23)3)19(25)12-24-15(4)22-17-10-20-21(11-18(17)24)27-8-7-26-20/h5,9-11H,1,6-8,12H2,2-4H3. The van der Waals surface area contributed by atoms with E-state index in [0.717, 1.165) is 33.8 Å². The monoisotopic (exact) mass is 365 g/mol. The fourth-order valence-electron chi connectivity index (χ4n) is 3.70. The molecule has 0 atom stereocenters. The number of benzene rings is 1. The van der Waals surface area contributed by atoms with Gasteiger partial charge in [-0.3, -0.25) is 4.79 Å². The first-order valence-corrected chi connectivity index (χ1v) is 9.07. The highest BCUT2D eigenvalue weighted by Crippen LogP contribution is 2.34. The van der Waals surface area contributed by atoms with Crippen molar-refractivity contribution < 1.29 is 14.3 Å². The zero-order valence-electron chi connectivity index (χ0n) is 15.9. The molecule has 1 aromatic carbocycles. The van der Waals surface area contributed by atoms with Crippen molar-refractivity contribution >= 4 is 16.8 Å². The maximum absolute atomic E-state index is 13.0. The lowest BCUT2D eigenvalue weighted by Crippen LogP contribution is -2.16. The Morgan fingerprint density at radius 2 is 1.85 bits per heavy atom. The van der Waals surface area contributed by atoms with Crippen LogP contribution >= 0.6 is 0 Å². The average Bonchev–Trinajstić information content (AvgIpc) is 3.10. The Morgan fingerprint density at radius 3 is 2.56 bits per heavy atom. The molecule has 0 N–H and O–H groups in total. The van der Waals surface area contributed by atoms with Gasteiger partial charge in [0.1, 0.15) is 19.0 Å². The van der Waals surface area contributed by atoms with Gasteiger partial charge in [0.2, 0.25) is 0 Å². The smallest absolute Gasteiger partial charge is 0.184 e. The van der Waals surface area contributed by atoms with Crippen LogP contribution in [0.15, 0.2) is 30.9 Å². The molecule has 6 heteroatoms. The second-order valence-corrected chi connectivity index (χ2v) is 6.84. The van der Waals surface area contributed by atoms with Gasteiger partial charge in [0.15, 0.2) is 17.3 Å². The molecule has 0 radical (unpaired) electrons. The lowest BCUT2D eigenvalue weighted by atomic mass is 10.1. The van der Waals surface area contributed by atoms with Crippen LogP contribution in [-0.2, 0) is 13.1 Å². The maximum atomic E-state index is 13.0. The summed E-state index contributed by atoms with van der Waals surface area (Å²) in [5.41, 5.74) is 4.45. The number of carbonyl (C=O) groups is 1. The largest absolute Gasteiger partial charge is 0.486 e. The van der Waals surface area contributed by atoms with Gasteiger partial charge in [0.05, 0.1) is 17.6 Å². The number of allylic oxidation sites excluding steroid dienone is 1. The number of nitrogens with zero attached hydrogens (tertiary/aromatic N) is 3. The van der Waals surface area contributed by atoms with Gasteiger partial charge in [0.25, 0.3) is 0 Å². The first kappa shape index (κ1) is 17.4. The Kier molecular flexibility index (Phi) is 4.26. The lowest BCUT2D eigenvalue weighted by molar-refractivity contribution is 0.0972. The minimum absolute atomic E-state index is 0.0655. The molecule has 27 heavy (non-hydrogen) atoms. The van der Waals surface area contributed by atoms with Crippen molar-refractivity contribution in [2.75, 3.05) is 13.2 Å². The number of imidazole rings is 1. The minimum atomic E-state index is 0.0655. The number of Topliss-reactive ketones (excluding diaryl/α,β-unsaturated/α-hetero) is 1. The van der Waals surface area contributed by atoms with E-state index >= 15 is 0 Å². The molecule has 0 unspecified atom stereocenters. The Labute approximate surface area is 158 Å². The van der Waals surface area contributed by atoms with Crippen molar-refractivity contribution in [3.63, 3.8) is 0 Å². The van der Waals surface area contributed by atoms with Crippen LogP contribution in [0.25, 0.3) is 11.0 Å². The van der Waals surface area contributed by atoms with Gasteiger partial charge in [-0.15, -0.1) is 6.58 Å². The first-order chi connectivity index (χ1) is 13.0. The van der Waals surface area contributed by atoms with Gasteiger partial charge in [-0.1, -0.05) is 6.08 Å². The number of aromatic nitrogens is 3. The van der Waals surface area contributed by atoms with Gasteiger partial charge in [-0.25, -0.2) is 4.98 Å². The summed E-state index contributed by atoms with van der Waals surface area (Å²) in [5.74, 6) is 2.26. The zero-order valence-corrected chi connectivity index (χ0v) is 15.9. The summed E-state index contributed by atoms with van der Waals surface area (Å²) in [6.07, 6.45) is 1.84. The van der Waals surface area contributed by atoms with E-state index < -0.39 is 0 Å². The molecule has 6 nitrogen and oxygen atoms in total. The average molecular weight is 365 g/mol. The number of ether oxygens (including phenoxy) is 2. The molecule has 0 saturated carbocycles. The maximum Gasteiger partial charge on any atom is 0.184 e. The van der Waals surface area contributed by atoms with E-state index in [-0.39, 0.29) is 12.3 Å². The highest BCUT2D eigenvalue weighted by Gasteiger charge is 2.20. The minimum Gasteiger partial charge on any atom is -0.486 e. The molecule has 4 rings (SSSR count). The molecule has 1 aliphatic heterocycles. The molecule has 140 valence electrons. The number of carbonyl (C=O) groups excluding carboxylic acids is 1. The van der Waals surface area contributed by atoms with E-state index in [2.05, 4.69) is 16.1 Å². The predicted molar refractivity (Wildman–Crippen MR) is 104 cm³/mol. The fourth-order valence-corrected chi connectivity index (χ4v) is 3.70. The van der Waals surface area contributed by atoms with Crippen LogP contribution in [0.4, 0.5) is 0 Å². The molecule has 0 aliphatic carbocycles. The van der Waals surface area contributed by atoms with Crippen molar-refractivity contribution in [2.45, 2.75) is 33.9 Å². The summed E-state index contributed by atoms with van der Waals surface area (Å²) in [7, 11) is 0. The van der Waals surface area contributed by atoms with Crippen molar-refractivity contribution in [2.24, 2.45) is 0 Å². The SMILES string of the molecule is C=CCn1c(C)cc(C(=O)Cn2c(C)nc3cc4c(cc32)OCCO4)c1C. The molecule has 0 spiro atoms. The second kappa shape index (κ2) is 6.61. The van der Waals surface area contributed by atoms with Crippen molar-refractivity contribution in [1.29, 1.82) is 0 Å². The number of hydrogen-bond acceptors (Lipinski definition) is 4. The summed E-state index contributed by atoms with van der Waals surface area (Å²) in [4.78, 5) is 17.6. The first-order valence-electron chi connectivity index (χ1n) is 9.07. The van der Waals surface area contributed by atoms with Crippen LogP contribution < -0.4 is 9.47 Å². The number of hydrogen-bond donors (Lipinski definition) is 0. The third kappa shape index (κ3) is 2.91. The molecule has 0 amide bonds. The van der Waals surface area contributed by atoms with Gasteiger partial charge < -0.3 is 18.6 Å². The molecule has 2 aromatic heterocycles. The van der Waals surface area contributed by atoms with Crippen LogP contribution in [-0.4, -0.2) is 33.1 Å². The topological polar surface area (TPSA) is 58.3 Å². The van der Waals surface area contributed by atoms with Crippen molar-refractivity contribution in [3.05, 3.63) is 53.6 Å². The molecule has 3 heterocycles. The molecular weight excluding hydrogens is 342 g/mol. The molecule has 3 aromatic rings. The number of aryl methyl sites for hydroxylation is 2. The number of rotatable bonds is 5. The van der Waals surface area contributed by atoms with E-state index in [1.165, 1.54) is 0 Å². The van der Waals surface area contributed by atoms with E-state index in [9.17, 15) is 4.79 Å². The molecule has 0 bridgehead atoms. The van der Waals surface area contributed by atoms with Crippen molar-refractivity contribution in [1.82, 2.24) is 14.1 Å². The Morgan fingerprint density at radius 1 is 1.15 bits per heavy atom. The normalized spacial score (nSPS) is 13.1. The molecular formula is C21H23N3O3. The van der Waals surface area contributed by atoms with Gasteiger partial charge in [-0.05, 0) is 26.8 Å². The third-order valence-corrected chi connectivity index (χ3v) is 5.09. The Bertz CT molecular complexity index is 1060. The number of fused-ring (bicyclic) bond motifs is 2. The summed E-state index contributed by atoms with van der Waals surface area (Å²) in [6.45, 7) is 11.7. The van der Waals surface area contributed by atoms with E-state index in [1.54, 1.807) is 0 Å². The summed E-state index contributed by atoms with van der Waals surface area (Å²) >= 11 is 0. The Balaban J connectivity index is 1.71. The van der Waals surface area contributed by atoms with Gasteiger partial charge in [0, 0.05) is 35.6 Å². The van der Waals surface area contributed by atoms with E-state index in [0.29, 0.717) is 31.3 Å². The molecule has 0 fully saturated rings.